The lowest BCUT2D eigenvalue weighted by Crippen LogP contribution is -2.52. The minimum absolute atomic E-state index is 0.0107. The van der Waals surface area contributed by atoms with Gasteiger partial charge in [-0.3, -0.25) is 4.79 Å². The van der Waals surface area contributed by atoms with Gasteiger partial charge in [-0.25, -0.2) is 17.9 Å². The lowest BCUT2D eigenvalue weighted by atomic mass is 10.2. The van der Waals surface area contributed by atoms with Crippen molar-refractivity contribution in [1.29, 1.82) is 0 Å². The van der Waals surface area contributed by atoms with E-state index in [1.807, 2.05) is 0 Å². The first-order valence-corrected chi connectivity index (χ1v) is 9.66. The topological polar surface area (TPSA) is 102 Å². The van der Waals surface area contributed by atoms with Crippen LogP contribution in [0.4, 0.5) is 4.79 Å². The van der Waals surface area contributed by atoms with Crippen LogP contribution in [0.3, 0.4) is 0 Å². The molecule has 2 rings (SSSR count). The second-order valence-corrected chi connectivity index (χ2v) is 9.00. The number of sulfonamides is 1. The molecule has 1 aliphatic carbocycles. The first-order chi connectivity index (χ1) is 11.9. The third-order valence-corrected chi connectivity index (χ3v) is 5.53. The molecule has 0 spiro atoms. The van der Waals surface area contributed by atoms with E-state index in [9.17, 15) is 18.0 Å². The summed E-state index contributed by atoms with van der Waals surface area (Å²) in [5.41, 5.74) is -1.61. The third kappa shape index (κ3) is 4.24. The quantitative estimate of drug-likeness (QED) is 0.763. The number of ether oxygens (including phenoxy) is 1. The molecule has 0 aromatic heterocycles. The van der Waals surface area contributed by atoms with Crippen molar-refractivity contribution in [3.8, 4) is 0 Å². The molecular formula is C18H24N2O5S. The Kier molecular flexibility index (Phi) is 5.19. The summed E-state index contributed by atoms with van der Waals surface area (Å²) in [5, 5.41) is 2.50. The molecule has 7 nitrogen and oxygen atoms in total. The number of alkyl carbamates (subject to hydrolysis) is 1. The lowest BCUT2D eigenvalue weighted by Gasteiger charge is -2.23. The third-order valence-electron chi connectivity index (χ3n) is 4.04. The smallest absolute Gasteiger partial charge is 0.408 e. The SMILES string of the molecule is C=C[C@@H]1C[C@]1(NC(=O)OC(C)(C)C)C(=O)NS(=O)(=O)c1ccccc1C. The average Bonchev–Trinajstić information content (AvgIpc) is 3.19. The summed E-state index contributed by atoms with van der Waals surface area (Å²) >= 11 is 0. The molecule has 2 N–H and O–H groups in total. The zero-order valence-electron chi connectivity index (χ0n) is 15.3. The van der Waals surface area contributed by atoms with Gasteiger partial charge in [0.25, 0.3) is 15.9 Å². The largest absolute Gasteiger partial charge is 0.444 e. The molecular weight excluding hydrogens is 356 g/mol. The van der Waals surface area contributed by atoms with Crippen molar-refractivity contribution in [3.63, 3.8) is 0 Å². The minimum atomic E-state index is -4.06. The molecule has 0 unspecified atom stereocenters. The molecule has 0 bridgehead atoms. The van der Waals surface area contributed by atoms with E-state index in [0.29, 0.717) is 5.56 Å². The second-order valence-electron chi connectivity index (χ2n) is 7.34. The van der Waals surface area contributed by atoms with E-state index in [-0.39, 0.29) is 17.2 Å². The van der Waals surface area contributed by atoms with Gasteiger partial charge in [0, 0.05) is 5.92 Å². The summed E-state index contributed by atoms with van der Waals surface area (Å²) in [6, 6.07) is 6.33. The predicted octanol–water partition coefficient (Wildman–Crippen LogP) is 2.27. The molecule has 0 saturated heterocycles. The zero-order chi connectivity index (χ0) is 19.8. The first-order valence-electron chi connectivity index (χ1n) is 8.18. The van der Waals surface area contributed by atoms with Crippen LogP contribution in [0.5, 0.6) is 0 Å². The molecule has 1 saturated carbocycles. The lowest BCUT2D eigenvalue weighted by molar-refractivity contribution is -0.122. The molecule has 1 aromatic rings. The number of amides is 2. The van der Waals surface area contributed by atoms with Crippen molar-refractivity contribution in [2.45, 2.75) is 50.2 Å². The van der Waals surface area contributed by atoms with E-state index in [1.165, 1.54) is 12.1 Å². The highest BCUT2D eigenvalue weighted by atomic mass is 32.2. The summed E-state index contributed by atoms with van der Waals surface area (Å²) in [6.07, 6.45) is 0.979. The van der Waals surface area contributed by atoms with E-state index < -0.39 is 33.2 Å². The van der Waals surface area contributed by atoms with Gasteiger partial charge in [0.1, 0.15) is 11.1 Å². The van der Waals surface area contributed by atoms with Crippen LogP contribution in [0.25, 0.3) is 0 Å². The van der Waals surface area contributed by atoms with Crippen molar-refractivity contribution >= 4 is 22.0 Å². The Hall–Kier alpha value is -2.35. The van der Waals surface area contributed by atoms with Gasteiger partial charge < -0.3 is 10.1 Å². The Bertz CT molecular complexity index is 841. The van der Waals surface area contributed by atoms with Gasteiger partial charge in [-0.15, -0.1) is 6.58 Å². The number of hydrogen-bond donors (Lipinski definition) is 2. The van der Waals surface area contributed by atoms with Crippen LogP contribution in [0, 0.1) is 12.8 Å². The molecule has 0 radical (unpaired) electrons. The first kappa shape index (κ1) is 20.0. The Labute approximate surface area is 153 Å². The maximum atomic E-state index is 12.7. The molecule has 0 aliphatic heterocycles. The molecule has 2 amide bonds. The van der Waals surface area contributed by atoms with Gasteiger partial charge >= 0.3 is 6.09 Å². The summed E-state index contributed by atoms with van der Waals surface area (Å²) in [4.78, 5) is 24.8. The maximum Gasteiger partial charge on any atom is 0.408 e. The van der Waals surface area contributed by atoms with Crippen LogP contribution in [0.15, 0.2) is 41.8 Å². The van der Waals surface area contributed by atoms with Crippen molar-refractivity contribution < 1.29 is 22.7 Å². The van der Waals surface area contributed by atoms with Crippen LogP contribution < -0.4 is 10.0 Å². The van der Waals surface area contributed by atoms with Crippen LogP contribution in [0.1, 0.15) is 32.8 Å². The van der Waals surface area contributed by atoms with Gasteiger partial charge in [0.05, 0.1) is 4.90 Å². The highest BCUT2D eigenvalue weighted by Gasteiger charge is 2.61. The maximum absolute atomic E-state index is 12.7. The van der Waals surface area contributed by atoms with Gasteiger partial charge in [0.2, 0.25) is 0 Å². The Morgan fingerprint density at radius 1 is 1.31 bits per heavy atom. The van der Waals surface area contributed by atoms with Crippen molar-refractivity contribution in [3.05, 3.63) is 42.5 Å². The van der Waals surface area contributed by atoms with Crippen LogP contribution in [-0.2, 0) is 19.6 Å². The zero-order valence-corrected chi connectivity index (χ0v) is 16.1. The van der Waals surface area contributed by atoms with Crippen LogP contribution in [-0.4, -0.2) is 31.6 Å². The number of hydrogen-bond acceptors (Lipinski definition) is 5. The Morgan fingerprint density at radius 2 is 1.92 bits per heavy atom. The van der Waals surface area contributed by atoms with Gasteiger partial charge in [0.15, 0.2) is 0 Å². The highest BCUT2D eigenvalue weighted by molar-refractivity contribution is 7.90. The normalized spacial score (nSPS) is 22.2. The molecule has 1 aliphatic rings. The second kappa shape index (κ2) is 6.75. The number of aryl methyl sites for hydroxylation is 1. The van der Waals surface area contributed by atoms with Crippen molar-refractivity contribution in [2.75, 3.05) is 0 Å². The van der Waals surface area contributed by atoms with E-state index in [2.05, 4.69) is 16.6 Å². The van der Waals surface area contributed by atoms with E-state index in [0.717, 1.165) is 0 Å². The van der Waals surface area contributed by atoms with Gasteiger partial charge in [-0.05, 0) is 45.7 Å². The van der Waals surface area contributed by atoms with Crippen LogP contribution in [0.2, 0.25) is 0 Å². The van der Waals surface area contributed by atoms with Crippen molar-refractivity contribution in [1.82, 2.24) is 10.0 Å². The monoisotopic (exact) mass is 380 g/mol. The summed E-state index contributed by atoms with van der Waals surface area (Å²) < 4.78 is 32.3. The average molecular weight is 380 g/mol. The molecule has 1 fully saturated rings. The fourth-order valence-corrected chi connectivity index (χ4v) is 3.93. The molecule has 8 heteroatoms. The minimum Gasteiger partial charge on any atom is -0.444 e. The summed E-state index contributed by atoms with van der Waals surface area (Å²) in [6.45, 7) is 10.3. The standard InChI is InChI=1S/C18H24N2O5S/c1-6-13-11-18(13,19-16(22)25-17(3,4)5)15(21)20-26(23,24)14-10-8-7-9-12(14)2/h6-10,13H,1,11H2,2-5H3,(H,19,22)(H,20,21)/t13-,18-/m1/s1. The summed E-state index contributed by atoms with van der Waals surface area (Å²) in [5.74, 6) is -1.18. The van der Waals surface area contributed by atoms with E-state index in [4.69, 9.17) is 4.74 Å². The van der Waals surface area contributed by atoms with E-state index >= 15 is 0 Å². The van der Waals surface area contributed by atoms with Gasteiger partial charge in [-0.1, -0.05) is 24.3 Å². The number of rotatable bonds is 5. The predicted molar refractivity (Wildman–Crippen MR) is 96.9 cm³/mol. The fraction of sp³-hybridized carbons (Fsp3) is 0.444. The highest BCUT2D eigenvalue weighted by Crippen LogP contribution is 2.45. The Balaban J connectivity index is 2.21. The van der Waals surface area contributed by atoms with Crippen molar-refractivity contribution in [2.24, 2.45) is 5.92 Å². The number of carbonyl (C=O) groups excluding carboxylic acids is 2. The molecule has 0 heterocycles. The fourth-order valence-electron chi connectivity index (χ4n) is 2.65. The van der Waals surface area contributed by atoms with Crippen LogP contribution >= 0.6 is 0 Å². The molecule has 1 aromatic carbocycles. The van der Waals surface area contributed by atoms with Gasteiger partial charge in [-0.2, -0.15) is 0 Å². The number of benzene rings is 1. The number of carbonyl (C=O) groups is 2. The summed E-state index contributed by atoms with van der Waals surface area (Å²) in [7, 11) is -4.06. The molecule has 26 heavy (non-hydrogen) atoms. The van der Waals surface area contributed by atoms with E-state index in [1.54, 1.807) is 45.9 Å². The molecule has 142 valence electrons. The number of nitrogens with one attached hydrogen (secondary N) is 2. The molecule has 2 atom stereocenters. The Morgan fingerprint density at radius 3 is 2.42 bits per heavy atom.